The van der Waals surface area contributed by atoms with Crippen LogP contribution in [-0.2, 0) is 0 Å². The number of para-hydroxylation sites is 1. The van der Waals surface area contributed by atoms with Gasteiger partial charge in [0.05, 0.1) is 11.7 Å². The Bertz CT molecular complexity index is 443. The summed E-state index contributed by atoms with van der Waals surface area (Å²) in [5, 5.41) is 0. The number of hydrogen-bond donors (Lipinski definition) is 2. The lowest BCUT2D eigenvalue weighted by Crippen LogP contribution is -2.08. The zero-order chi connectivity index (χ0) is 9.26. The Labute approximate surface area is 83.3 Å². The highest BCUT2D eigenvalue weighted by Gasteiger charge is 2.01. The Morgan fingerprint density at radius 1 is 1.38 bits per heavy atom. The van der Waals surface area contributed by atoms with E-state index in [2.05, 4.69) is 31.3 Å². The summed E-state index contributed by atoms with van der Waals surface area (Å²) in [4.78, 5) is 8.43. The van der Waals surface area contributed by atoms with Crippen molar-refractivity contribution in [1.29, 1.82) is 0 Å². The lowest BCUT2D eigenvalue weighted by molar-refractivity contribution is 1.21. The average Bonchev–Trinajstić information content (AvgIpc) is 2.18. The number of nitrogens with zero attached hydrogens (tertiary/aromatic N) is 2. The second kappa shape index (κ2) is 3.27. The lowest BCUT2D eigenvalue weighted by Gasteiger charge is -2.01. The van der Waals surface area contributed by atoms with Gasteiger partial charge in [0.1, 0.15) is 5.52 Å². The maximum absolute atomic E-state index is 5.22. The summed E-state index contributed by atoms with van der Waals surface area (Å²) in [5.41, 5.74) is 4.10. The third kappa shape index (κ3) is 1.48. The van der Waals surface area contributed by atoms with Gasteiger partial charge < -0.3 is 5.43 Å². The van der Waals surface area contributed by atoms with Crippen molar-refractivity contribution in [2.75, 3.05) is 5.43 Å². The molecule has 0 spiro atoms. The molecule has 13 heavy (non-hydrogen) atoms. The summed E-state index contributed by atoms with van der Waals surface area (Å²) in [6.45, 7) is 0. The summed E-state index contributed by atoms with van der Waals surface area (Å²) in [5.74, 6) is 5.78. The molecule has 1 aromatic heterocycles. The fourth-order valence-corrected chi connectivity index (χ4v) is 1.51. The molecule has 0 aliphatic carbocycles. The van der Waals surface area contributed by atoms with Crippen LogP contribution in [0.3, 0.4) is 0 Å². The molecule has 5 heteroatoms. The second-order valence-corrected chi connectivity index (χ2v) is 3.36. The molecular weight excluding hydrogens is 232 g/mol. The fourth-order valence-electron chi connectivity index (χ4n) is 1.07. The quantitative estimate of drug-likeness (QED) is 0.587. The summed E-state index contributed by atoms with van der Waals surface area (Å²) in [6.07, 6.45) is 1.59. The summed E-state index contributed by atoms with van der Waals surface area (Å²) in [7, 11) is 0. The molecule has 66 valence electrons. The molecule has 0 saturated carbocycles. The van der Waals surface area contributed by atoms with Crippen molar-refractivity contribution in [3.63, 3.8) is 0 Å². The zero-order valence-electron chi connectivity index (χ0n) is 6.66. The molecule has 4 nitrogen and oxygen atoms in total. The van der Waals surface area contributed by atoms with Gasteiger partial charge in [-0.15, -0.1) is 0 Å². The normalized spacial score (nSPS) is 10.3. The molecule has 0 unspecified atom stereocenters. The van der Waals surface area contributed by atoms with E-state index < -0.39 is 0 Å². The average molecular weight is 239 g/mol. The van der Waals surface area contributed by atoms with E-state index in [1.165, 1.54) is 0 Å². The minimum Gasteiger partial charge on any atom is -0.307 e. The molecule has 0 fully saturated rings. The van der Waals surface area contributed by atoms with Crippen molar-refractivity contribution in [2.24, 2.45) is 5.84 Å². The first kappa shape index (κ1) is 8.40. The topological polar surface area (TPSA) is 63.8 Å². The van der Waals surface area contributed by atoms with E-state index in [-0.39, 0.29) is 0 Å². The Morgan fingerprint density at radius 2 is 2.23 bits per heavy atom. The van der Waals surface area contributed by atoms with E-state index in [1.807, 2.05) is 18.2 Å². The van der Waals surface area contributed by atoms with Crippen LogP contribution in [0.2, 0.25) is 0 Å². The van der Waals surface area contributed by atoms with Crippen LogP contribution >= 0.6 is 15.9 Å². The molecular formula is C8H7BrN4. The van der Waals surface area contributed by atoms with E-state index in [1.54, 1.807) is 6.20 Å². The van der Waals surface area contributed by atoms with Gasteiger partial charge in [0.25, 0.3) is 0 Å². The Balaban J connectivity index is 2.74. The van der Waals surface area contributed by atoms with Crippen molar-refractivity contribution in [1.82, 2.24) is 9.97 Å². The SMILES string of the molecule is NNc1cnc2cccc(Br)c2n1. The minimum absolute atomic E-state index is 0.555. The number of anilines is 1. The van der Waals surface area contributed by atoms with Gasteiger partial charge in [-0.3, -0.25) is 4.98 Å². The highest BCUT2D eigenvalue weighted by Crippen LogP contribution is 2.20. The third-order valence-corrected chi connectivity index (χ3v) is 2.31. The van der Waals surface area contributed by atoms with Crippen molar-refractivity contribution in [3.05, 3.63) is 28.9 Å². The number of hydrazine groups is 1. The molecule has 0 bridgehead atoms. The molecule has 3 N–H and O–H groups in total. The van der Waals surface area contributed by atoms with E-state index in [9.17, 15) is 0 Å². The second-order valence-electron chi connectivity index (χ2n) is 2.51. The van der Waals surface area contributed by atoms with Crippen LogP contribution in [0.1, 0.15) is 0 Å². The summed E-state index contributed by atoms with van der Waals surface area (Å²) in [6, 6.07) is 5.72. The van der Waals surface area contributed by atoms with Crippen LogP contribution < -0.4 is 11.3 Å². The first-order chi connectivity index (χ1) is 6.31. The van der Waals surface area contributed by atoms with E-state index in [0.717, 1.165) is 15.5 Å². The number of fused-ring (bicyclic) bond motifs is 1. The summed E-state index contributed by atoms with van der Waals surface area (Å²) < 4.78 is 0.912. The van der Waals surface area contributed by atoms with Crippen LogP contribution in [0, 0.1) is 0 Å². The molecule has 0 atom stereocenters. The van der Waals surface area contributed by atoms with Gasteiger partial charge in [-0.1, -0.05) is 6.07 Å². The predicted octanol–water partition coefficient (Wildman–Crippen LogP) is 1.68. The van der Waals surface area contributed by atoms with Crippen LogP contribution in [0.5, 0.6) is 0 Å². The van der Waals surface area contributed by atoms with E-state index in [4.69, 9.17) is 5.84 Å². The number of nitrogens with one attached hydrogen (secondary N) is 1. The molecule has 2 aromatic rings. The largest absolute Gasteiger partial charge is 0.307 e. The van der Waals surface area contributed by atoms with Crippen LogP contribution in [-0.4, -0.2) is 9.97 Å². The third-order valence-electron chi connectivity index (χ3n) is 1.67. The van der Waals surface area contributed by atoms with Gasteiger partial charge in [0.15, 0.2) is 5.82 Å². The molecule has 2 rings (SSSR count). The number of benzene rings is 1. The number of aromatic nitrogens is 2. The molecule has 0 radical (unpaired) electrons. The highest BCUT2D eigenvalue weighted by molar-refractivity contribution is 9.10. The monoisotopic (exact) mass is 238 g/mol. The standard InChI is InChI=1S/C8H7BrN4/c9-5-2-1-3-6-8(5)12-7(13-10)4-11-6/h1-4H,10H2,(H,12,13). The van der Waals surface area contributed by atoms with Gasteiger partial charge in [0.2, 0.25) is 0 Å². The lowest BCUT2D eigenvalue weighted by atomic mass is 10.3. The highest BCUT2D eigenvalue weighted by atomic mass is 79.9. The van der Waals surface area contributed by atoms with E-state index in [0.29, 0.717) is 5.82 Å². The maximum Gasteiger partial charge on any atom is 0.159 e. The first-order valence-corrected chi connectivity index (χ1v) is 4.48. The Morgan fingerprint density at radius 3 is 3.00 bits per heavy atom. The first-order valence-electron chi connectivity index (χ1n) is 3.69. The van der Waals surface area contributed by atoms with E-state index >= 15 is 0 Å². The van der Waals surface area contributed by atoms with Gasteiger partial charge in [0, 0.05) is 4.47 Å². The number of halogens is 1. The van der Waals surface area contributed by atoms with Crippen LogP contribution in [0.15, 0.2) is 28.9 Å². The van der Waals surface area contributed by atoms with Crippen LogP contribution in [0.25, 0.3) is 11.0 Å². The number of nitrogens with two attached hydrogens (primary N) is 1. The molecule has 0 aliphatic rings. The molecule has 0 amide bonds. The van der Waals surface area contributed by atoms with Gasteiger partial charge in [-0.05, 0) is 28.1 Å². The molecule has 1 aromatic carbocycles. The fraction of sp³-hybridized carbons (Fsp3) is 0. The molecule has 0 saturated heterocycles. The van der Waals surface area contributed by atoms with Gasteiger partial charge in [-0.25, -0.2) is 10.8 Å². The zero-order valence-corrected chi connectivity index (χ0v) is 8.25. The van der Waals surface area contributed by atoms with Crippen molar-refractivity contribution in [2.45, 2.75) is 0 Å². The number of nitrogen functional groups attached to an aromatic ring is 1. The Hall–Kier alpha value is -1.20. The van der Waals surface area contributed by atoms with Crippen molar-refractivity contribution in [3.8, 4) is 0 Å². The summed E-state index contributed by atoms with van der Waals surface area (Å²) >= 11 is 3.39. The minimum atomic E-state index is 0.555. The molecule has 0 aliphatic heterocycles. The number of rotatable bonds is 1. The predicted molar refractivity (Wildman–Crippen MR) is 55.0 cm³/mol. The Kier molecular flexibility index (Phi) is 2.12. The van der Waals surface area contributed by atoms with Gasteiger partial charge in [-0.2, -0.15) is 0 Å². The van der Waals surface area contributed by atoms with Crippen molar-refractivity contribution >= 4 is 32.8 Å². The number of hydrogen-bond acceptors (Lipinski definition) is 4. The van der Waals surface area contributed by atoms with Gasteiger partial charge >= 0.3 is 0 Å². The molecule has 1 heterocycles. The van der Waals surface area contributed by atoms with Crippen LogP contribution in [0.4, 0.5) is 5.82 Å². The smallest absolute Gasteiger partial charge is 0.159 e. The van der Waals surface area contributed by atoms with Crippen molar-refractivity contribution < 1.29 is 0 Å². The maximum atomic E-state index is 5.22.